The van der Waals surface area contributed by atoms with Crippen molar-refractivity contribution in [3.8, 4) is 0 Å². The Balaban J connectivity index is 2.35. The van der Waals surface area contributed by atoms with Gasteiger partial charge in [0.1, 0.15) is 0 Å². The second kappa shape index (κ2) is 8.26. The molecule has 2 nitrogen and oxygen atoms in total. The maximum Gasteiger partial charge on any atom is 0.0408 e. The number of hydrogen-bond donors (Lipinski definition) is 2. The van der Waals surface area contributed by atoms with Crippen LogP contribution in [0.4, 0.5) is 0 Å². The van der Waals surface area contributed by atoms with Gasteiger partial charge in [0.2, 0.25) is 0 Å². The van der Waals surface area contributed by atoms with Crippen molar-refractivity contribution in [1.82, 2.24) is 10.6 Å². The zero-order valence-corrected chi connectivity index (χ0v) is 21.2. The first kappa shape index (κ1) is 22.7. The van der Waals surface area contributed by atoms with Crippen LogP contribution in [0.2, 0.25) is 0 Å². The molecule has 2 saturated heterocycles. The zero-order chi connectivity index (χ0) is 20.7. The van der Waals surface area contributed by atoms with E-state index in [1.165, 1.54) is 36.8 Å². The number of hydrogen-bond acceptors (Lipinski definition) is 2. The summed E-state index contributed by atoms with van der Waals surface area (Å²) < 4.78 is 0. The van der Waals surface area contributed by atoms with Crippen LogP contribution in [0, 0.1) is 0 Å². The van der Waals surface area contributed by atoms with Gasteiger partial charge in [-0.25, -0.2) is 0 Å². The second-order valence-electron chi connectivity index (χ2n) is 11.0. The lowest BCUT2D eigenvalue weighted by Crippen LogP contribution is -2.54. The lowest BCUT2D eigenvalue weighted by molar-refractivity contribution is 0.344. The van der Waals surface area contributed by atoms with Gasteiger partial charge in [0.15, 0.2) is 0 Å². The van der Waals surface area contributed by atoms with Crippen molar-refractivity contribution in [2.45, 2.75) is 101 Å². The molecule has 3 rings (SSSR count). The van der Waals surface area contributed by atoms with E-state index < -0.39 is 0 Å². The van der Waals surface area contributed by atoms with E-state index in [-0.39, 0.29) is 16.0 Å². The average molecular weight is 421 g/mol. The standard InChI is InChI=1S/C24H42N2P2/c1-22(2,3)17-12-11-16(15-27)20(21(17)23(4,5)6)24(28,18-9-7-13-25-18)19-10-8-14-26-19/h11-12,18-19,25-26H,7-10,13-15,27-28H2,1-6H3. The van der Waals surface area contributed by atoms with Crippen molar-refractivity contribution in [1.29, 1.82) is 0 Å². The second-order valence-corrected chi connectivity index (χ2v) is 12.3. The molecule has 1 aromatic carbocycles. The van der Waals surface area contributed by atoms with E-state index >= 15 is 0 Å². The Hall–Kier alpha value is -0.0000000000000000555. The van der Waals surface area contributed by atoms with Gasteiger partial charge in [0, 0.05) is 17.2 Å². The molecule has 4 atom stereocenters. The van der Waals surface area contributed by atoms with Crippen LogP contribution in [0.1, 0.15) is 89.5 Å². The molecule has 0 radical (unpaired) electrons. The quantitative estimate of drug-likeness (QED) is 0.652. The molecule has 0 aromatic heterocycles. The Labute approximate surface area is 178 Å². The van der Waals surface area contributed by atoms with Crippen LogP contribution in [-0.4, -0.2) is 25.2 Å². The highest BCUT2D eigenvalue weighted by Gasteiger charge is 2.48. The van der Waals surface area contributed by atoms with E-state index in [9.17, 15) is 0 Å². The largest absolute Gasteiger partial charge is 0.313 e. The zero-order valence-electron chi connectivity index (χ0n) is 18.9. The summed E-state index contributed by atoms with van der Waals surface area (Å²) in [7, 11) is 6.41. The summed E-state index contributed by atoms with van der Waals surface area (Å²) in [5.74, 6) is 0. The smallest absolute Gasteiger partial charge is 0.0408 e. The molecule has 4 unspecified atom stereocenters. The summed E-state index contributed by atoms with van der Waals surface area (Å²) in [6.45, 7) is 16.6. The van der Waals surface area contributed by atoms with Gasteiger partial charge in [-0.3, -0.25) is 0 Å². The van der Waals surface area contributed by atoms with Crippen molar-refractivity contribution < 1.29 is 0 Å². The monoisotopic (exact) mass is 420 g/mol. The lowest BCUT2D eigenvalue weighted by atomic mass is 9.67. The van der Waals surface area contributed by atoms with Crippen molar-refractivity contribution in [3.63, 3.8) is 0 Å². The molecule has 0 aliphatic carbocycles. The molecule has 2 fully saturated rings. The fourth-order valence-electron chi connectivity index (χ4n) is 5.49. The summed E-state index contributed by atoms with van der Waals surface area (Å²) >= 11 is 0. The van der Waals surface area contributed by atoms with E-state index in [0.29, 0.717) is 12.1 Å². The molecular weight excluding hydrogens is 378 g/mol. The van der Waals surface area contributed by atoms with Crippen molar-refractivity contribution in [3.05, 3.63) is 34.4 Å². The first-order chi connectivity index (χ1) is 13.0. The molecule has 0 spiro atoms. The Bertz CT molecular complexity index is 672. The van der Waals surface area contributed by atoms with Gasteiger partial charge in [0.05, 0.1) is 0 Å². The highest BCUT2D eigenvalue weighted by Crippen LogP contribution is 2.51. The third kappa shape index (κ3) is 4.09. The van der Waals surface area contributed by atoms with Crippen LogP contribution in [0.25, 0.3) is 0 Å². The number of rotatable bonds is 4. The summed E-state index contributed by atoms with van der Waals surface area (Å²) in [5.41, 5.74) is 6.44. The highest BCUT2D eigenvalue weighted by atomic mass is 31.0. The van der Waals surface area contributed by atoms with Crippen LogP contribution < -0.4 is 10.6 Å². The number of nitrogens with one attached hydrogen (secondary N) is 2. The Morgan fingerprint density at radius 1 is 0.857 bits per heavy atom. The van der Waals surface area contributed by atoms with Gasteiger partial charge in [-0.05, 0) is 78.0 Å². The van der Waals surface area contributed by atoms with E-state index in [1.807, 2.05) is 0 Å². The highest BCUT2D eigenvalue weighted by molar-refractivity contribution is 7.18. The lowest BCUT2D eigenvalue weighted by Gasteiger charge is -2.47. The molecule has 2 heterocycles. The van der Waals surface area contributed by atoms with Gasteiger partial charge >= 0.3 is 0 Å². The maximum atomic E-state index is 3.89. The van der Waals surface area contributed by atoms with Crippen LogP contribution in [0.5, 0.6) is 0 Å². The Morgan fingerprint density at radius 2 is 1.39 bits per heavy atom. The van der Waals surface area contributed by atoms with Crippen LogP contribution in [-0.2, 0) is 22.1 Å². The molecule has 158 valence electrons. The predicted octanol–water partition coefficient (Wildman–Crippen LogP) is 5.23. The molecule has 2 aliphatic rings. The Kier molecular flexibility index (Phi) is 6.69. The first-order valence-corrected chi connectivity index (χ1v) is 12.5. The minimum absolute atomic E-state index is 0.0305. The third-order valence-corrected chi connectivity index (χ3v) is 8.31. The fraction of sp³-hybridized carbons (Fsp3) is 0.750. The van der Waals surface area contributed by atoms with E-state index in [0.717, 1.165) is 19.3 Å². The molecule has 4 heteroatoms. The van der Waals surface area contributed by atoms with E-state index in [4.69, 9.17) is 0 Å². The molecule has 0 saturated carbocycles. The minimum Gasteiger partial charge on any atom is -0.313 e. The van der Waals surface area contributed by atoms with Crippen molar-refractivity contribution in [2.75, 3.05) is 13.1 Å². The molecule has 2 N–H and O–H groups in total. The molecule has 2 aliphatic heterocycles. The minimum atomic E-state index is 0.0305. The van der Waals surface area contributed by atoms with Crippen LogP contribution in [0.3, 0.4) is 0 Å². The van der Waals surface area contributed by atoms with Gasteiger partial charge in [-0.2, -0.15) is 0 Å². The molecule has 0 bridgehead atoms. The third-order valence-electron chi connectivity index (χ3n) is 6.78. The van der Waals surface area contributed by atoms with Gasteiger partial charge in [-0.15, -0.1) is 18.5 Å². The molecule has 0 amide bonds. The summed E-state index contributed by atoms with van der Waals surface area (Å²) in [4.78, 5) is 0. The molecule has 1 aromatic rings. The molecule has 28 heavy (non-hydrogen) atoms. The van der Waals surface area contributed by atoms with E-state index in [2.05, 4.69) is 82.8 Å². The van der Waals surface area contributed by atoms with Crippen molar-refractivity contribution in [2.24, 2.45) is 0 Å². The summed E-state index contributed by atoms with van der Waals surface area (Å²) in [6.07, 6.45) is 6.11. The van der Waals surface area contributed by atoms with Gasteiger partial charge in [-0.1, -0.05) is 53.7 Å². The van der Waals surface area contributed by atoms with Gasteiger partial charge in [0.25, 0.3) is 0 Å². The van der Waals surface area contributed by atoms with Crippen LogP contribution >= 0.6 is 18.5 Å². The summed E-state index contributed by atoms with van der Waals surface area (Å²) in [6, 6.07) is 5.86. The Morgan fingerprint density at radius 3 is 1.75 bits per heavy atom. The summed E-state index contributed by atoms with van der Waals surface area (Å²) in [5, 5.41) is 7.82. The normalized spacial score (nSPS) is 25.9. The van der Waals surface area contributed by atoms with Crippen LogP contribution in [0.15, 0.2) is 12.1 Å². The maximum absolute atomic E-state index is 3.89. The average Bonchev–Trinajstić information content (AvgIpc) is 3.31. The van der Waals surface area contributed by atoms with E-state index in [1.54, 1.807) is 11.1 Å². The van der Waals surface area contributed by atoms with Crippen molar-refractivity contribution >= 4 is 18.5 Å². The SMILES string of the molecule is CC(C)(C)c1ccc(CP)c(C(P)(C2CCCN2)C2CCCN2)c1C(C)(C)C. The molecular formula is C24H42N2P2. The topological polar surface area (TPSA) is 24.1 Å². The van der Waals surface area contributed by atoms with Gasteiger partial charge < -0.3 is 10.6 Å². The fourth-order valence-corrected chi connectivity index (χ4v) is 6.73. The predicted molar refractivity (Wildman–Crippen MR) is 131 cm³/mol. The number of benzene rings is 1. The first-order valence-electron chi connectivity index (χ1n) is 11.1.